The number of hydrogen-bond acceptors (Lipinski definition) is 5. The predicted octanol–water partition coefficient (Wildman–Crippen LogP) is 2.65. The third-order valence-electron chi connectivity index (χ3n) is 4.37. The highest BCUT2D eigenvalue weighted by Crippen LogP contribution is 2.34. The Bertz CT molecular complexity index is 761. The number of anilines is 2. The molecule has 2 heterocycles. The summed E-state index contributed by atoms with van der Waals surface area (Å²) < 4.78 is 38.9. The number of hydrogen-bond donors (Lipinski definition) is 1. The summed E-state index contributed by atoms with van der Waals surface area (Å²) in [5.74, 6) is 0.249. The average molecular weight is 379 g/mol. The number of nitrogens with one attached hydrogen (secondary N) is 1. The summed E-state index contributed by atoms with van der Waals surface area (Å²) in [4.78, 5) is 24.7. The fourth-order valence-corrected chi connectivity index (χ4v) is 2.94. The molecular weight excluding hydrogens is 359 g/mol. The van der Waals surface area contributed by atoms with E-state index in [9.17, 15) is 18.0 Å². The van der Waals surface area contributed by atoms with E-state index in [0.717, 1.165) is 32.2 Å². The fraction of sp³-hybridized carbons (Fsp3) is 0.389. The second kappa shape index (κ2) is 8.34. The van der Waals surface area contributed by atoms with Crippen LogP contribution in [0.15, 0.2) is 42.7 Å². The van der Waals surface area contributed by atoms with Crippen molar-refractivity contribution < 1.29 is 18.0 Å². The minimum atomic E-state index is -4.50. The van der Waals surface area contributed by atoms with Crippen molar-refractivity contribution >= 4 is 17.5 Å². The lowest BCUT2D eigenvalue weighted by atomic mass is 10.1. The lowest BCUT2D eigenvalue weighted by molar-refractivity contribution is -0.137. The van der Waals surface area contributed by atoms with Gasteiger partial charge in [0.1, 0.15) is 0 Å². The minimum absolute atomic E-state index is 0.133. The summed E-state index contributed by atoms with van der Waals surface area (Å²) in [6.07, 6.45) is -0.983. The van der Waals surface area contributed by atoms with Gasteiger partial charge in [0, 0.05) is 51.5 Å². The number of halogens is 3. The maximum absolute atomic E-state index is 13.0. The highest BCUT2D eigenvalue weighted by Gasteiger charge is 2.33. The predicted molar refractivity (Wildman–Crippen MR) is 95.4 cm³/mol. The maximum atomic E-state index is 13.0. The maximum Gasteiger partial charge on any atom is 0.418 e. The Balaban J connectivity index is 1.47. The standard InChI is InChI=1S/C18H20F3N5O/c19-18(20,21)14-4-1-2-5-15(14)24-16(27)6-9-25-10-12-26(13-11-25)17-22-7-3-8-23-17/h1-5,7-8H,6,9-13H2,(H,24,27). The SMILES string of the molecule is O=C(CCN1CCN(c2ncccn2)CC1)Nc1ccccc1C(F)(F)F. The molecule has 3 rings (SSSR count). The van der Waals surface area contributed by atoms with Crippen LogP contribution >= 0.6 is 0 Å². The number of carbonyl (C=O) groups excluding carboxylic acids is 1. The van der Waals surface area contributed by atoms with Crippen molar-refractivity contribution in [2.24, 2.45) is 0 Å². The van der Waals surface area contributed by atoms with Crippen molar-refractivity contribution in [3.05, 3.63) is 48.3 Å². The molecule has 1 aliphatic heterocycles. The van der Waals surface area contributed by atoms with Gasteiger partial charge in [-0.05, 0) is 18.2 Å². The Morgan fingerprint density at radius 2 is 1.70 bits per heavy atom. The number of alkyl halides is 3. The van der Waals surface area contributed by atoms with Crippen LogP contribution in [-0.2, 0) is 11.0 Å². The first-order valence-corrected chi connectivity index (χ1v) is 8.64. The van der Waals surface area contributed by atoms with Gasteiger partial charge in [0.15, 0.2) is 0 Å². The van der Waals surface area contributed by atoms with Gasteiger partial charge in [0.25, 0.3) is 0 Å². The van der Waals surface area contributed by atoms with Gasteiger partial charge in [0.05, 0.1) is 11.3 Å². The van der Waals surface area contributed by atoms with Gasteiger partial charge in [-0.15, -0.1) is 0 Å². The molecule has 27 heavy (non-hydrogen) atoms. The second-order valence-electron chi connectivity index (χ2n) is 6.22. The van der Waals surface area contributed by atoms with Gasteiger partial charge in [-0.2, -0.15) is 13.2 Å². The van der Waals surface area contributed by atoms with Gasteiger partial charge in [-0.1, -0.05) is 12.1 Å². The summed E-state index contributed by atoms with van der Waals surface area (Å²) in [5.41, 5.74) is -1.05. The smallest absolute Gasteiger partial charge is 0.338 e. The zero-order valence-electron chi connectivity index (χ0n) is 14.6. The molecule has 0 unspecified atom stereocenters. The van der Waals surface area contributed by atoms with Crippen LogP contribution in [0, 0.1) is 0 Å². The average Bonchev–Trinajstić information content (AvgIpc) is 2.67. The lowest BCUT2D eigenvalue weighted by Gasteiger charge is -2.34. The van der Waals surface area contributed by atoms with Crippen LogP contribution in [-0.4, -0.2) is 53.5 Å². The number of para-hydroxylation sites is 1. The molecule has 1 aliphatic rings. The first kappa shape index (κ1) is 19.1. The third-order valence-corrected chi connectivity index (χ3v) is 4.37. The van der Waals surface area contributed by atoms with E-state index < -0.39 is 17.6 Å². The summed E-state index contributed by atoms with van der Waals surface area (Å²) >= 11 is 0. The molecular formula is C18H20F3N5O. The first-order valence-electron chi connectivity index (χ1n) is 8.64. The summed E-state index contributed by atoms with van der Waals surface area (Å²) in [7, 11) is 0. The van der Waals surface area contributed by atoms with Gasteiger partial charge in [-0.25, -0.2) is 9.97 Å². The van der Waals surface area contributed by atoms with E-state index in [-0.39, 0.29) is 12.1 Å². The van der Waals surface area contributed by atoms with Crippen molar-refractivity contribution in [1.29, 1.82) is 0 Å². The normalized spacial score (nSPS) is 15.6. The van der Waals surface area contributed by atoms with Crippen molar-refractivity contribution in [2.75, 3.05) is 42.9 Å². The van der Waals surface area contributed by atoms with Crippen LogP contribution in [0.25, 0.3) is 0 Å². The second-order valence-corrected chi connectivity index (χ2v) is 6.22. The van der Waals surface area contributed by atoms with Gasteiger partial charge in [-0.3, -0.25) is 9.69 Å². The first-order chi connectivity index (χ1) is 12.9. The molecule has 1 fully saturated rings. The number of nitrogens with zero attached hydrogens (tertiary/aromatic N) is 4. The molecule has 1 N–H and O–H groups in total. The van der Waals surface area contributed by atoms with E-state index in [1.54, 1.807) is 18.5 Å². The number of benzene rings is 1. The molecule has 0 radical (unpaired) electrons. The van der Waals surface area contributed by atoms with Crippen LogP contribution in [0.5, 0.6) is 0 Å². The fourth-order valence-electron chi connectivity index (χ4n) is 2.94. The minimum Gasteiger partial charge on any atom is -0.338 e. The van der Waals surface area contributed by atoms with Crippen LogP contribution in [0.4, 0.5) is 24.8 Å². The molecule has 1 aromatic carbocycles. The van der Waals surface area contributed by atoms with E-state index in [0.29, 0.717) is 12.5 Å². The molecule has 9 heteroatoms. The highest BCUT2D eigenvalue weighted by atomic mass is 19.4. The van der Waals surface area contributed by atoms with Crippen LogP contribution < -0.4 is 10.2 Å². The topological polar surface area (TPSA) is 61.4 Å². The van der Waals surface area contributed by atoms with Crippen molar-refractivity contribution in [1.82, 2.24) is 14.9 Å². The molecule has 0 aliphatic carbocycles. The van der Waals surface area contributed by atoms with E-state index in [1.807, 2.05) is 0 Å². The number of piperazine rings is 1. The number of aromatic nitrogens is 2. The molecule has 1 saturated heterocycles. The molecule has 2 aromatic rings. The van der Waals surface area contributed by atoms with Gasteiger partial charge in [0.2, 0.25) is 11.9 Å². The number of amides is 1. The monoisotopic (exact) mass is 379 g/mol. The summed E-state index contributed by atoms with van der Waals surface area (Å²) in [6, 6.07) is 6.75. The summed E-state index contributed by atoms with van der Waals surface area (Å²) in [5, 5.41) is 2.38. The Labute approximate surface area is 155 Å². The molecule has 1 aromatic heterocycles. The molecule has 6 nitrogen and oxygen atoms in total. The summed E-state index contributed by atoms with van der Waals surface area (Å²) in [6.45, 7) is 3.45. The Morgan fingerprint density at radius 1 is 1.04 bits per heavy atom. The molecule has 0 atom stereocenters. The molecule has 0 saturated carbocycles. The zero-order chi connectivity index (χ0) is 19.3. The van der Waals surface area contributed by atoms with Gasteiger partial charge < -0.3 is 10.2 Å². The highest BCUT2D eigenvalue weighted by molar-refractivity contribution is 5.91. The molecule has 0 bridgehead atoms. The van der Waals surface area contributed by atoms with E-state index in [4.69, 9.17) is 0 Å². The Kier molecular flexibility index (Phi) is 5.90. The molecule has 1 amide bonds. The zero-order valence-corrected chi connectivity index (χ0v) is 14.6. The van der Waals surface area contributed by atoms with E-state index >= 15 is 0 Å². The quantitative estimate of drug-likeness (QED) is 0.866. The van der Waals surface area contributed by atoms with Crippen LogP contribution in [0.2, 0.25) is 0 Å². The van der Waals surface area contributed by atoms with E-state index in [2.05, 4.69) is 25.1 Å². The lowest BCUT2D eigenvalue weighted by Crippen LogP contribution is -2.47. The van der Waals surface area contributed by atoms with Crippen molar-refractivity contribution in [3.8, 4) is 0 Å². The van der Waals surface area contributed by atoms with E-state index in [1.165, 1.54) is 18.2 Å². The Hall–Kier alpha value is -2.68. The number of rotatable bonds is 5. The molecule has 0 spiro atoms. The van der Waals surface area contributed by atoms with Crippen LogP contribution in [0.1, 0.15) is 12.0 Å². The number of carbonyl (C=O) groups is 1. The Morgan fingerprint density at radius 3 is 2.37 bits per heavy atom. The van der Waals surface area contributed by atoms with Crippen molar-refractivity contribution in [2.45, 2.75) is 12.6 Å². The largest absolute Gasteiger partial charge is 0.418 e. The van der Waals surface area contributed by atoms with Crippen LogP contribution in [0.3, 0.4) is 0 Å². The van der Waals surface area contributed by atoms with Gasteiger partial charge >= 0.3 is 6.18 Å². The molecule has 144 valence electrons. The third kappa shape index (κ3) is 5.16. The van der Waals surface area contributed by atoms with Crippen molar-refractivity contribution in [3.63, 3.8) is 0 Å².